The minimum atomic E-state index is -4.56. The second-order valence-electron chi connectivity index (χ2n) is 17.4. The molecule has 2 unspecified atom stereocenters. The Hall–Kier alpha value is -3.62. The molecule has 8 nitrogen and oxygen atoms in total. The third-order valence-electron chi connectivity index (χ3n) is 9.89. The topological polar surface area (TPSA) is 94.1 Å². The number of ether oxygens (including phenoxy) is 2. The number of nitrogens with zero attached hydrogens (tertiary/aromatic N) is 1. The zero-order valence-corrected chi connectivity index (χ0v) is 43.7. The molecule has 67 heavy (non-hydrogen) atoms. The van der Waals surface area contributed by atoms with Crippen LogP contribution < -0.4 is 4.89 Å². The third-order valence-corrected chi connectivity index (χ3v) is 10.9. The zero-order chi connectivity index (χ0) is 49.0. The fourth-order valence-corrected chi connectivity index (χ4v) is 6.75. The van der Waals surface area contributed by atoms with Gasteiger partial charge in [0, 0.05) is 13.0 Å². The lowest BCUT2D eigenvalue weighted by atomic mass is 10.1. The van der Waals surface area contributed by atoms with Crippen LogP contribution in [-0.4, -0.2) is 70.7 Å². The van der Waals surface area contributed by atoms with Gasteiger partial charge in [0.25, 0.3) is 7.82 Å². The van der Waals surface area contributed by atoms with Gasteiger partial charge < -0.3 is 27.9 Å². The van der Waals surface area contributed by atoms with Crippen LogP contribution in [0.25, 0.3) is 0 Å². The number of esters is 1. The fraction of sp³-hybridized carbons (Fsp3) is 0.569. The van der Waals surface area contributed by atoms with Gasteiger partial charge in [-0.2, -0.15) is 0 Å². The van der Waals surface area contributed by atoms with Crippen molar-refractivity contribution in [1.82, 2.24) is 0 Å². The average molecular weight is 948 g/mol. The highest BCUT2D eigenvalue weighted by Crippen LogP contribution is 2.38. The van der Waals surface area contributed by atoms with Crippen molar-refractivity contribution in [1.29, 1.82) is 0 Å². The number of phosphoric acid groups is 1. The molecular weight excluding hydrogens is 854 g/mol. The first-order valence-electron chi connectivity index (χ1n) is 25.6. The van der Waals surface area contributed by atoms with E-state index in [-0.39, 0.29) is 32.2 Å². The Morgan fingerprint density at radius 3 is 1.22 bits per heavy atom. The number of rotatable bonds is 45. The summed E-state index contributed by atoms with van der Waals surface area (Å²) in [6.45, 7) is 4.99. The van der Waals surface area contributed by atoms with Crippen LogP contribution in [0.1, 0.15) is 155 Å². The molecule has 0 fully saturated rings. The molecule has 0 rings (SSSR count). The molecule has 0 aliphatic heterocycles. The van der Waals surface area contributed by atoms with E-state index in [4.69, 9.17) is 18.5 Å². The quantitative estimate of drug-likeness (QED) is 0.0197. The molecule has 0 saturated carbocycles. The van der Waals surface area contributed by atoms with Crippen molar-refractivity contribution in [2.75, 3.05) is 54.1 Å². The summed E-state index contributed by atoms with van der Waals surface area (Å²) in [6.07, 6.45) is 73.1. The minimum Gasteiger partial charge on any atom is -0.756 e. The second-order valence-corrected chi connectivity index (χ2v) is 18.8. The van der Waals surface area contributed by atoms with Crippen LogP contribution in [0.5, 0.6) is 0 Å². The zero-order valence-electron chi connectivity index (χ0n) is 42.8. The molecule has 9 heteroatoms. The van der Waals surface area contributed by atoms with E-state index in [0.717, 1.165) is 135 Å². The van der Waals surface area contributed by atoms with Crippen molar-refractivity contribution >= 4 is 13.8 Å². The van der Waals surface area contributed by atoms with Crippen LogP contribution in [0.2, 0.25) is 0 Å². The summed E-state index contributed by atoms with van der Waals surface area (Å²) in [6, 6.07) is 0. The van der Waals surface area contributed by atoms with Gasteiger partial charge in [-0.05, 0) is 116 Å². The van der Waals surface area contributed by atoms with Gasteiger partial charge in [0.15, 0.2) is 0 Å². The molecule has 0 bridgehead atoms. The van der Waals surface area contributed by atoms with Crippen molar-refractivity contribution in [2.45, 2.75) is 161 Å². The maximum Gasteiger partial charge on any atom is 0.306 e. The highest BCUT2D eigenvalue weighted by atomic mass is 31.2. The van der Waals surface area contributed by atoms with Gasteiger partial charge in [0.2, 0.25) is 0 Å². The Bertz CT molecular complexity index is 1570. The number of likely N-dealkylation sites (N-methyl/N-ethyl adjacent to an activating group) is 1. The molecule has 0 aromatic carbocycles. The minimum absolute atomic E-state index is 0.00336. The number of quaternary nitrogens is 1. The lowest BCUT2D eigenvalue weighted by Crippen LogP contribution is -2.37. The molecule has 0 aliphatic rings. The number of allylic oxidation sites excluding steroid dienone is 24. The summed E-state index contributed by atoms with van der Waals surface area (Å²) in [5.74, 6) is -0.375. The summed E-state index contributed by atoms with van der Waals surface area (Å²) in [5.41, 5.74) is 0. The van der Waals surface area contributed by atoms with Gasteiger partial charge >= 0.3 is 5.97 Å². The summed E-state index contributed by atoms with van der Waals surface area (Å²) in [7, 11) is 1.28. The molecule has 0 spiro atoms. The van der Waals surface area contributed by atoms with Crippen molar-refractivity contribution < 1.29 is 37.3 Å². The van der Waals surface area contributed by atoms with E-state index in [2.05, 4.69) is 160 Å². The van der Waals surface area contributed by atoms with E-state index in [1.807, 2.05) is 21.1 Å². The van der Waals surface area contributed by atoms with Gasteiger partial charge in [-0.25, -0.2) is 0 Å². The standard InChI is InChI=1S/C58H94NO7P/c1-6-8-10-12-14-16-18-20-22-24-26-28-29-30-32-34-36-38-40-42-44-46-48-50-53-63-55-57(56-65-67(61,62)64-54-52-59(3,4)5)66-58(60)51-49-47-45-43-41-39-37-35-33-31-27-25-23-21-19-17-15-13-11-9-7-2/h8-11,14-17,20-23,26-28,30-32,35-38,42,44,57H,6-7,12-13,18-19,24-25,29,33-34,39-41,43,45-56H2,1-5H3/b10-8-,11-9-,16-14-,17-15-,22-20-,23-21-,28-26-,31-27-,32-30-,37-35-,38-36-,44-42-. The van der Waals surface area contributed by atoms with Gasteiger partial charge in [-0.1, -0.05) is 179 Å². The van der Waals surface area contributed by atoms with Gasteiger partial charge in [-0.15, -0.1) is 0 Å². The summed E-state index contributed by atoms with van der Waals surface area (Å²) >= 11 is 0. The van der Waals surface area contributed by atoms with Crippen molar-refractivity contribution in [3.8, 4) is 0 Å². The van der Waals surface area contributed by atoms with Crippen LogP contribution in [0.4, 0.5) is 0 Å². The number of carbonyl (C=O) groups is 1. The molecule has 0 aliphatic carbocycles. The highest BCUT2D eigenvalue weighted by Gasteiger charge is 2.20. The Morgan fingerprint density at radius 1 is 0.463 bits per heavy atom. The highest BCUT2D eigenvalue weighted by molar-refractivity contribution is 7.45. The van der Waals surface area contributed by atoms with E-state index in [1.165, 1.54) is 0 Å². The Morgan fingerprint density at radius 2 is 0.821 bits per heavy atom. The number of hydrogen-bond donors (Lipinski definition) is 0. The molecular formula is C58H94NO7P. The van der Waals surface area contributed by atoms with Gasteiger partial charge in [0.1, 0.15) is 19.3 Å². The van der Waals surface area contributed by atoms with E-state index < -0.39 is 13.9 Å². The monoisotopic (exact) mass is 948 g/mol. The predicted octanol–water partition coefficient (Wildman–Crippen LogP) is 15.4. The van der Waals surface area contributed by atoms with Crippen LogP contribution in [0, 0.1) is 0 Å². The molecule has 2 atom stereocenters. The largest absolute Gasteiger partial charge is 0.756 e. The predicted molar refractivity (Wildman–Crippen MR) is 286 cm³/mol. The molecule has 0 radical (unpaired) electrons. The van der Waals surface area contributed by atoms with E-state index in [9.17, 15) is 14.3 Å². The summed E-state index contributed by atoms with van der Waals surface area (Å²) in [4.78, 5) is 25.2. The van der Waals surface area contributed by atoms with Crippen LogP contribution >= 0.6 is 7.82 Å². The molecule has 0 N–H and O–H groups in total. The smallest absolute Gasteiger partial charge is 0.306 e. The lowest BCUT2D eigenvalue weighted by Gasteiger charge is -2.28. The molecule has 0 aromatic heterocycles. The average Bonchev–Trinajstić information content (AvgIpc) is 3.29. The first-order valence-corrected chi connectivity index (χ1v) is 27.0. The summed E-state index contributed by atoms with van der Waals surface area (Å²) < 4.78 is 34.6. The molecule has 0 heterocycles. The molecule has 0 aromatic rings. The summed E-state index contributed by atoms with van der Waals surface area (Å²) in [5, 5.41) is 0. The maximum absolute atomic E-state index is 12.7. The first kappa shape index (κ1) is 63.4. The van der Waals surface area contributed by atoms with Gasteiger partial charge in [0.05, 0.1) is 34.4 Å². The Balaban J connectivity index is 4.34. The molecule has 378 valence electrons. The number of hydrogen-bond acceptors (Lipinski definition) is 7. The SMILES string of the molecule is CC/C=C\C/C=C\C/C=C\C/C=C\C/C=C\C/C=C\C/C=C\CCCCOCC(COP(=O)([O-])OCC[N+](C)(C)C)OC(=O)CCCCCCC/C=C\C/C=C\C/C=C\C/C=C\C/C=C\CC. The van der Waals surface area contributed by atoms with Crippen LogP contribution in [0.3, 0.4) is 0 Å². The normalized spacial score (nSPS) is 14.8. The Kier molecular flexibility index (Phi) is 46.2. The van der Waals surface area contributed by atoms with Crippen molar-refractivity contribution in [3.63, 3.8) is 0 Å². The number of phosphoric ester groups is 1. The van der Waals surface area contributed by atoms with E-state index >= 15 is 0 Å². The number of unbranched alkanes of at least 4 members (excludes halogenated alkanes) is 7. The van der Waals surface area contributed by atoms with E-state index in [1.54, 1.807) is 0 Å². The van der Waals surface area contributed by atoms with Crippen molar-refractivity contribution in [3.05, 3.63) is 146 Å². The molecule has 0 amide bonds. The van der Waals surface area contributed by atoms with Crippen LogP contribution in [0.15, 0.2) is 146 Å². The maximum atomic E-state index is 12.7. The molecule has 0 saturated heterocycles. The van der Waals surface area contributed by atoms with E-state index in [0.29, 0.717) is 17.6 Å². The second kappa shape index (κ2) is 48.8. The third kappa shape index (κ3) is 53.2. The lowest BCUT2D eigenvalue weighted by molar-refractivity contribution is -0.870. The van der Waals surface area contributed by atoms with Crippen molar-refractivity contribution in [2.24, 2.45) is 0 Å². The van der Waals surface area contributed by atoms with Crippen LogP contribution in [-0.2, 0) is 27.9 Å². The number of carbonyl (C=O) groups excluding carboxylic acids is 1. The first-order chi connectivity index (χ1) is 32.6. The Labute approximate surface area is 410 Å². The fourth-order valence-electron chi connectivity index (χ4n) is 6.02. The van der Waals surface area contributed by atoms with Gasteiger partial charge in [-0.3, -0.25) is 9.36 Å².